The number of carbonyl (C=O) groups is 1. The van der Waals surface area contributed by atoms with Crippen molar-refractivity contribution in [1.29, 1.82) is 0 Å². The molecule has 1 amide bonds. The molecule has 3 nitrogen and oxygen atoms in total. The van der Waals surface area contributed by atoms with Crippen LogP contribution in [0.2, 0.25) is 0 Å². The van der Waals surface area contributed by atoms with Crippen LogP contribution < -0.4 is 10.2 Å². The van der Waals surface area contributed by atoms with Gasteiger partial charge in [0.1, 0.15) is 6.04 Å². The molecule has 0 bridgehead atoms. The van der Waals surface area contributed by atoms with Gasteiger partial charge >= 0.3 is 0 Å². The van der Waals surface area contributed by atoms with E-state index in [4.69, 9.17) is 0 Å². The van der Waals surface area contributed by atoms with Gasteiger partial charge < -0.3 is 10.2 Å². The molecule has 0 spiro atoms. The first-order valence-electron chi connectivity index (χ1n) is 8.71. The van der Waals surface area contributed by atoms with Gasteiger partial charge in [-0.05, 0) is 12.1 Å². The normalized spacial score (nSPS) is 12.0. The number of halogens is 2. The second-order valence-electron chi connectivity index (χ2n) is 6.45. The molecule has 0 aromatic heterocycles. The molecule has 27 heavy (non-hydrogen) atoms. The summed E-state index contributed by atoms with van der Waals surface area (Å²) >= 11 is 0. The molecule has 0 aliphatic rings. The molecule has 1 atom stereocenters. The lowest BCUT2D eigenvalue weighted by Gasteiger charge is -2.25. The quantitative estimate of drug-likeness (QED) is 0.689. The van der Waals surface area contributed by atoms with Gasteiger partial charge in [-0.2, -0.15) is 0 Å². The van der Waals surface area contributed by atoms with Crippen LogP contribution in [0.1, 0.15) is 17.2 Å². The lowest BCUT2D eigenvalue weighted by molar-refractivity contribution is -0.897. The van der Waals surface area contributed by atoms with E-state index in [0.29, 0.717) is 0 Å². The van der Waals surface area contributed by atoms with Crippen LogP contribution in [0.4, 0.5) is 14.5 Å². The average molecular weight is 367 g/mol. The second kappa shape index (κ2) is 8.56. The van der Waals surface area contributed by atoms with Crippen molar-refractivity contribution in [2.75, 3.05) is 18.9 Å². The van der Waals surface area contributed by atoms with Crippen LogP contribution in [0.15, 0.2) is 78.9 Å². The van der Waals surface area contributed by atoms with Crippen LogP contribution in [-0.2, 0) is 4.79 Å². The van der Waals surface area contributed by atoms with Gasteiger partial charge in [-0.1, -0.05) is 60.7 Å². The highest BCUT2D eigenvalue weighted by molar-refractivity contribution is 5.91. The summed E-state index contributed by atoms with van der Waals surface area (Å²) in [7, 11) is 1.94. The summed E-state index contributed by atoms with van der Waals surface area (Å²) < 4.78 is 26.4. The maximum atomic E-state index is 13.3. The number of carbonyl (C=O) groups excluding carboxylic acids is 1. The molecule has 0 aliphatic heterocycles. The highest BCUT2D eigenvalue weighted by Gasteiger charge is 2.25. The van der Waals surface area contributed by atoms with Crippen molar-refractivity contribution in [1.82, 2.24) is 0 Å². The third kappa shape index (κ3) is 4.77. The molecule has 3 aromatic rings. The largest absolute Gasteiger partial charge is 0.321 e. The molecule has 3 aromatic carbocycles. The maximum absolute atomic E-state index is 13.3. The molecule has 0 heterocycles. The number of benzene rings is 3. The van der Waals surface area contributed by atoms with E-state index in [1.807, 2.05) is 67.7 Å². The molecule has 0 radical (unpaired) electrons. The van der Waals surface area contributed by atoms with Gasteiger partial charge in [0.25, 0.3) is 5.91 Å². The highest BCUT2D eigenvalue weighted by atomic mass is 19.2. The van der Waals surface area contributed by atoms with E-state index in [-0.39, 0.29) is 24.2 Å². The summed E-state index contributed by atoms with van der Waals surface area (Å²) in [6, 6.07) is 23.2. The molecule has 0 saturated heterocycles. The van der Waals surface area contributed by atoms with Crippen LogP contribution in [0.25, 0.3) is 0 Å². The molecular weight excluding hydrogens is 346 g/mol. The first kappa shape index (κ1) is 18.7. The summed E-state index contributed by atoms with van der Waals surface area (Å²) in [5.41, 5.74) is 2.44. The van der Waals surface area contributed by atoms with Crippen LogP contribution in [0.5, 0.6) is 0 Å². The Morgan fingerprint density at radius 1 is 0.889 bits per heavy atom. The molecule has 1 unspecified atom stereocenters. The predicted molar refractivity (Wildman–Crippen MR) is 101 cm³/mol. The Kier molecular flexibility index (Phi) is 5.94. The summed E-state index contributed by atoms with van der Waals surface area (Å²) in [5, 5.41) is 2.63. The molecule has 3 rings (SSSR count). The Bertz CT molecular complexity index is 861. The topological polar surface area (TPSA) is 33.5 Å². The predicted octanol–water partition coefficient (Wildman–Crippen LogP) is 3.21. The van der Waals surface area contributed by atoms with Crippen molar-refractivity contribution >= 4 is 11.6 Å². The number of quaternary nitrogens is 1. The number of amides is 1. The average Bonchev–Trinajstić information content (AvgIpc) is 2.66. The van der Waals surface area contributed by atoms with E-state index in [9.17, 15) is 13.6 Å². The summed E-state index contributed by atoms with van der Waals surface area (Å²) in [6.07, 6.45) is 0. The molecule has 2 N–H and O–H groups in total. The van der Waals surface area contributed by atoms with Crippen LogP contribution in [-0.4, -0.2) is 19.5 Å². The Morgan fingerprint density at radius 3 is 1.96 bits per heavy atom. The van der Waals surface area contributed by atoms with Gasteiger partial charge in [-0.3, -0.25) is 4.79 Å². The van der Waals surface area contributed by atoms with Gasteiger partial charge in [0.05, 0.1) is 7.05 Å². The van der Waals surface area contributed by atoms with E-state index in [1.54, 1.807) is 0 Å². The second-order valence-corrected chi connectivity index (χ2v) is 6.45. The van der Waals surface area contributed by atoms with E-state index in [1.165, 1.54) is 6.07 Å². The minimum Gasteiger partial charge on any atom is -0.321 e. The number of nitrogens with one attached hydrogen (secondary N) is 2. The van der Waals surface area contributed by atoms with Gasteiger partial charge in [0, 0.05) is 22.9 Å². The fourth-order valence-electron chi connectivity index (χ4n) is 3.19. The van der Waals surface area contributed by atoms with Crippen molar-refractivity contribution in [3.05, 3.63) is 102 Å². The van der Waals surface area contributed by atoms with Crippen LogP contribution >= 0.6 is 0 Å². The smallest absolute Gasteiger partial charge is 0.279 e. The number of rotatable bonds is 6. The third-order valence-electron chi connectivity index (χ3n) is 4.40. The fraction of sp³-hybridized carbons (Fsp3) is 0.136. The molecule has 5 heteroatoms. The Balaban J connectivity index is 1.77. The van der Waals surface area contributed by atoms with E-state index >= 15 is 0 Å². The minimum atomic E-state index is -0.986. The van der Waals surface area contributed by atoms with Gasteiger partial charge in [-0.15, -0.1) is 0 Å². The van der Waals surface area contributed by atoms with Crippen LogP contribution in [0, 0.1) is 11.6 Å². The fourth-order valence-corrected chi connectivity index (χ4v) is 3.19. The molecule has 0 aliphatic carbocycles. The van der Waals surface area contributed by atoms with Gasteiger partial charge in [0.15, 0.2) is 18.2 Å². The minimum absolute atomic E-state index is 0.0249. The van der Waals surface area contributed by atoms with E-state index in [2.05, 4.69) is 5.32 Å². The molecule has 138 valence electrons. The lowest BCUT2D eigenvalue weighted by Crippen LogP contribution is -3.10. The van der Waals surface area contributed by atoms with Crippen LogP contribution in [0.3, 0.4) is 0 Å². The summed E-state index contributed by atoms with van der Waals surface area (Å²) in [4.78, 5) is 13.4. The standard InChI is InChI=1S/C22H20F2N2O/c1-26(15-21(27)25-18-12-13-19(23)20(24)14-18)22(16-8-4-2-5-9-16)17-10-6-3-7-11-17/h2-14,22H,15H2,1H3,(H,25,27)/p+1. The molecular formula is C22H21F2N2O+. The Hall–Kier alpha value is -3.05. The highest BCUT2D eigenvalue weighted by Crippen LogP contribution is 2.18. The molecule has 0 saturated carbocycles. The lowest BCUT2D eigenvalue weighted by atomic mass is 9.97. The number of anilines is 1. The SMILES string of the molecule is C[NH+](CC(=O)Nc1ccc(F)c(F)c1)C(c1ccccc1)c1ccccc1. The molecule has 0 fully saturated rings. The van der Waals surface area contributed by atoms with Crippen molar-refractivity contribution in [3.8, 4) is 0 Å². The summed E-state index contributed by atoms with van der Waals surface area (Å²) in [5.74, 6) is -2.20. The van der Waals surface area contributed by atoms with E-state index < -0.39 is 11.6 Å². The zero-order chi connectivity index (χ0) is 19.2. The third-order valence-corrected chi connectivity index (χ3v) is 4.40. The number of hydrogen-bond donors (Lipinski definition) is 2. The van der Waals surface area contributed by atoms with Gasteiger partial charge in [-0.25, -0.2) is 8.78 Å². The Labute approximate surface area is 157 Å². The first-order chi connectivity index (χ1) is 13.0. The van der Waals surface area contributed by atoms with Crippen molar-refractivity contribution in [2.45, 2.75) is 6.04 Å². The van der Waals surface area contributed by atoms with Crippen molar-refractivity contribution in [2.24, 2.45) is 0 Å². The van der Waals surface area contributed by atoms with E-state index in [0.717, 1.165) is 28.2 Å². The first-order valence-corrected chi connectivity index (χ1v) is 8.71. The number of hydrogen-bond acceptors (Lipinski definition) is 1. The zero-order valence-electron chi connectivity index (χ0n) is 15.0. The Morgan fingerprint density at radius 2 is 1.44 bits per heavy atom. The number of likely N-dealkylation sites (N-methyl/N-ethyl adjacent to an activating group) is 1. The summed E-state index contributed by atoms with van der Waals surface area (Å²) in [6.45, 7) is 0.174. The van der Waals surface area contributed by atoms with Gasteiger partial charge in [0.2, 0.25) is 0 Å². The maximum Gasteiger partial charge on any atom is 0.279 e. The zero-order valence-corrected chi connectivity index (χ0v) is 15.0. The monoisotopic (exact) mass is 367 g/mol. The van der Waals surface area contributed by atoms with Crippen molar-refractivity contribution < 1.29 is 18.5 Å². The van der Waals surface area contributed by atoms with Crippen molar-refractivity contribution in [3.63, 3.8) is 0 Å².